The molecule has 1 amide bonds. The molecule has 0 aliphatic heterocycles. The summed E-state index contributed by atoms with van der Waals surface area (Å²) in [7, 11) is 3.51. The second kappa shape index (κ2) is 13.1. The van der Waals surface area contributed by atoms with Crippen molar-refractivity contribution in [1.29, 1.82) is 0 Å². The SMILES string of the molecule is CCOC(CCNC(=NC)NCC(=O)N(C)CCc1ccccn1)C(C)C. The summed E-state index contributed by atoms with van der Waals surface area (Å²) in [6.45, 7) is 8.63. The van der Waals surface area contributed by atoms with Crippen LogP contribution in [0.3, 0.4) is 0 Å². The fourth-order valence-corrected chi connectivity index (χ4v) is 2.62. The molecular weight excluding hydrogens is 342 g/mol. The van der Waals surface area contributed by atoms with Crippen LogP contribution in [0.25, 0.3) is 0 Å². The minimum atomic E-state index is 0.0169. The lowest BCUT2D eigenvalue weighted by Gasteiger charge is -2.22. The molecule has 7 heteroatoms. The Morgan fingerprint density at radius 2 is 2.11 bits per heavy atom. The van der Waals surface area contributed by atoms with Crippen LogP contribution < -0.4 is 10.6 Å². The first kappa shape index (κ1) is 22.9. The van der Waals surface area contributed by atoms with Crippen LogP contribution in [0.5, 0.6) is 0 Å². The fraction of sp³-hybridized carbons (Fsp3) is 0.650. The first-order chi connectivity index (χ1) is 13.0. The highest BCUT2D eigenvalue weighted by molar-refractivity contribution is 5.86. The second-order valence-corrected chi connectivity index (χ2v) is 6.77. The number of nitrogens with one attached hydrogen (secondary N) is 2. The molecule has 1 atom stereocenters. The van der Waals surface area contributed by atoms with Crippen LogP contribution in [0.1, 0.15) is 32.9 Å². The van der Waals surface area contributed by atoms with E-state index in [2.05, 4.69) is 34.5 Å². The molecule has 0 aliphatic rings. The molecule has 0 saturated heterocycles. The molecule has 1 heterocycles. The van der Waals surface area contributed by atoms with Crippen molar-refractivity contribution in [2.45, 2.75) is 39.7 Å². The third-order valence-electron chi connectivity index (χ3n) is 4.33. The van der Waals surface area contributed by atoms with Crippen molar-refractivity contribution in [2.24, 2.45) is 10.9 Å². The van der Waals surface area contributed by atoms with E-state index < -0.39 is 0 Å². The second-order valence-electron chi connectivity index (χ2n) is 6.77. The molecule has 7 nitrogen and oxygen atoms in total. The number of aromatic nitrogens is 1. The van der Waals surface area contributed by atoms with Crippen LogP contribution in [0.2, 0.25) is 0 Å². The summed E-state index contributed by atoms with van der Waals surface area (Å²) in [6, 6.07) is 5.81. The van der Waals surface area contributed by atoms with Crippen LogP contribution in [-0.4, -0.2) is 68.2 Å². The Hall–Kier alpha value is -2.15. The number of pyridine rings is 1. The summed E-state index contributed by atoms with van der Waals surface area (Å²) in [5.74, 6) is 1.11. The van der Waals surface area contributed by atoms with E-state index in [4.69, 9.17) is 4.74 Å². The molecule has 1 aromatic rings. The van der Waals surface area contributed by atoms with Gasteiger partial charge in [0.05, 0.1) is 12.6 Å². The van der Waals surface area contributed by atoms with Crippen molar-refractivity contribution in [1.82, 2.24) is 20.5 Å². The van der Waals surface area contributed by atoms with Gasteiger partial charge in [-0.15, -0.1) is 0 Å². The Morgan fingerprint density at radius 3 is 2.70 bits per heavy atom. The number of aliphatic imine (C=N–C) groups is 1. The molecule has 0 fully saturated rings. The predicted molar refractivity (Wildman–Crippen MR) is 110 cm³/mol. The number of guanidine groups is 1. The van der Waals surface area contributed by atoms with Gasteiger partial charge in [-0.1, -0.05) is 19.9 Å². The number of amides is 1. The van der Waals surface area contributed by atoms with Gasteiger partial charge in [0.15, 0.2) is 5.96 Å². The Kier molecular flexibility index (Phi) is 11.1. The number of carbonyl (C=O) groups excluding carboxylic acids is 1. The van der Waals surface area contributed by atoms with E-state index in [1.54, 1.807) is 25.2 Å². The van der Waals surface area contributed by atoms with Gasteiger partial charge in [-0.3, -0.25) is 14.8 Å². The number of ether oxygens (including phenoxy) is 1. The molecule has 0 aliphatic carbocycles. The van der Waals surface area contributed by atoms with Gasteiger partial charge >= 0.3 is 0 Å². The molecule has 27 heavy (non-hydrogen) atoms. The van der Waals surface area contributed by atoms with Gasteiger partial charge in [-0.2, -0.15) is 0 Å². The van der Waals surface area contributed by atoms with E-state index in [9.17, 15) is 4.79 Å². The highest BCUT2D eigenvalue weighted by atomic mass is 16.5. The Labute approximate surface area is 163 Å². The molecule has 152 valence electrons. The van der Waals surface area contributed by atoms with Crippen molar-refractivity contribution in [2.75, 3.05) is 40.3 Å². The summed E-state index contributed by atoms with van der Waals surface area (Å²) >= 11 is 0. The summed E-state index contributed by atoms with van der Waals surface area (Å²) in [6.07, 6.45) is 3.62. The highest BCUT2D eigenvalue weighted by Crippen LogP contribution is 2.09. The van der Waals surface area contributed by atoms with Gasteiger partial charge in [0.1, 0.15) is 0 Å². The summed E-state index contributed by atoms with van der Waals surface area (Å²) in [5.41, 5.74) is 0.983. The van der Waals surface area contributed by atoms with Crippen LogP contribution in [0.4, 0.5) is 0 Å². The van der Waals surface area contributed by atoms with Crippen molar-refractivity contribution in [3.8, 4) is 0 Å². The van der Waals surface area contributed by atoms with Crippen molar-refractivity contribution in [3.05, 3.63) is 30.1 Å². The zero-order valence-corrected chi connectivity index (χ0v) is 17.4. The molecule has 1 aromatic heterocycles. The summed E-state index contributed by atoms with van der Waals surface area (Å²) in [5, 5.41) is 6.32. The Bertz CT molecular complexity index is 563. The highest BCUT2D eigenvalue weighted by Gasteiger charge is 2.14. The summed E-state index contributed by atoms with van der Waals surface area (Å²) < 4.78 is 5.75. The molecule has 0 aromatic carbocycles. The van der Waals surface area contributed by atoms with Crippen LogP contribution in [-0.2, 0) is 16.0 Å². The quantitative estimate of drug-likeness (QED) is 0.453. The average Bonchev–Trinajstić information content (AvgIpc) is 2.68. The number of nitrogens with zero attached hydrogens (tertiary/aromatic N) is 3. The van der Waals surface area contributed by atoms with Crippen LogP contribution in [0, 0.1) is 5.92 Å². The Morgan fingerprint density at radius 1 is 1.33 bits per heavy atom. The first-order valence-electron chi connectivity index (χ1n) is 9.67. The predicted octanol–water partition coefficient (Wildman–Crippen LogP) is 1.70. The van der Waals surface area contributed by atoms with E-state index in [0.29, 0.717) is 18.4 Å². The molecule has 2 N–H and O–H groups in total. The zero-order valence-electron chi connectivity index (χ0n) is 17.4. The van der Waals surface area contributed by atoms with E-state index in [1.165, 1.54) is 0 Å². The van der Waals surface area contributed by atoms with Gasteiger partial charge in [0, 0.05) is 52.1 Å². The molecule has 0 radical (unpaired) electrons. The maximum atomic E-state index is 12.3. The molecule has 0 saturated carbocycles. The van der Waals surface area contributed by atoms with Crippen molar-refractivity contribution >= 4 is 11.9 Å². The van der Waals surface area contributed by atoms with Gasteiger partial charge in [0.2, 0.25) is 5.91 Å². The number of rotatable bonds is 11. The van der Waals surface area contributed by atoms with Crippen LogP contribution in [0.15, 0.2) is 29.4 Å². The van der Waals surface area contributed by atoms with E-state index in [-0.39, 0.29) is 18.6 Å². The maximum absolute atomic E-state index is 12.3. The normalized spacial score (nSPS) is 12.7. The first-order valence-corrected chi connectivity index (χ1v) is 9.67. The molecule has 1 unspecified atom stereocenters. The molecule has 1 rings (SSSR count). The van der Waals surface area contributed by atoms with Crippen LogP contribution >= 0.6 is 0 Å². The lowest BCUT2D eigenvalue weighted by Crippen LogP contribution is -2.44. The third kappa shape index (κ3) is 9.38. The number of likely N-dealkylation sites (N-methyl/N-ethyl adjacent to an activating group) is 1. The van der Waals surface area contributed by atoms with Gasteiger partial charge < -0.3 is 20.3 Å². The van der Waals surface area contributed by atoms with Crippen molar-refractivity contribution < 1.29 is 9.53 Å². The standard InChI is InChI=1S/C20H35N5O2/c1-6-27-18(16(2)3)10-13-23-20(21-4)24-15-19(26)25(5)14-11-17-9-7-8-12-22-17/h7-9,12,16,18H,6,10-11,13-15H2,1-5H3,(H2,21,23,24). The van der Waals surface area contributed by atoms with Gasteiger partial charge in [-0.25, -0.2) is 0 Å². The smallest absolute Gasteiger partial charge is 0.241 e. The number of carbonyl (C=O) groups is 1. The van der Waals surface area contributed by atoms with Gasteiger partial charge in [-0.05, 0) is 31.4 Å². The lowest BCUT2D eigenvalue weighted by molar-refractivity contribution is -0.128. The molecule has 0 spiro atoms. The average molecular weight is 378 g/mol. The molecular formula is C20H35N5O2. The topological polar surface area (TPSA) is 78.8 Å². The zero-order chi connectivity index (χ0) is 20.1. The summed E-state index contributed by atoms with van der Waals surface area (Å²) in [4.78, 5) is 22.4. The monoisotopic (exact) mass is 377 g/mol. The largest absolute Gasteiger partial charge is 0.378 e. The number of hydrogen-bond donors (Lipinski definition) is 2. The third-order valence-corrected chi connectivity index (χ3v) is 4.33. The van der Waals surface area contributed by atoms with E-state index in [1.807, 2.05) is 25.1 Å². The minimum Gasteiger partial charge on any atom is -0.378 e. The van der Waals surface area contributed by atoms with Gasteiger partial charge in [0.25, 0.3) is 0 Å². The minimum absolute atomic E-state index is 0.0169. The number of hydrogen-bond acceptors (Lipinski definition) is 4. The molecule has 0 bridgehead atoms. The van der Waals surface area contributed by atoms with Crippen molar-refractivity contribution in [3.63, 3.8) is 0 Å². The fourth-order valence-electron chi connectivity index (χ4n) is 2.62. The van der Waals surface area contributed by atoms with E-state index >= 15 is 0 Å². The lowest BCUT2D eigenvalue weighted by atomic mass is 10.0. The van der Waals surface area contributed by atoms with E-state index in [0.717, 1.165) is 31.7 Å². The Balaban J connectivity index is 2.31. The maximum Gasteiger partial charge on any atom is 0.241 e.